The van der Waals surface area contributed by atoms with Crippen LogP contribution in [0, 0.1) is 12.8 Å². The number of sulfonamides is 1. The Bertz CT molecular complexity index is 1040. The van der Waals surface area contributed by atoms with Crippen molar-refractivity contribution < 1.29 is 22.7 Å². The number of aryl methyl sites for hydroxylation is 1. The van der Waals surface area contributed by atoms with Crippen molar-refractivity contribution in [2.45, 2.75) is 31.6 Å². The monoisotopic (exact) mass is 493 g/mol. The number of hydrogen-bond acceptors (Lipinski definition) is 5. The van der Waals surface area contributed by atoms with Gasteiger partial charge < -0.3 is 4.74 Å². The fourth-order valence-electron chi connectivity index (χ4n) is 3.23. The summed E-state index contributed by atoms with van der Waals surface area (Å²) in [6.07, 6.45) is 1.61. The number of rotatable bonds is 6. The van der Waals surface area contributed by atoms with E-state index in [1.165, 1.54) is 22.5 Å². The highest BCUT2D eigenvalue weighted by Gasteiger charge is 2.30. The standard InChI is InChI=1S/C22H24BrNO5S/c1-15-3-5-17(6-4-15)20(25)14-29-22(26)18-7-8-19(23)21(13-18)30(27,28)24-11-9-16(2)10-12-24/h3-8,13,16H,9-12,14H2,1-2H3. The molecule has 0 aromatic heterocycles. The van der Waals surface area contributed by atoms with Crippen molar-refractivity contribution in [2.24, 2.45) is 5.92 Å². The second-order valence-corrected chi connectivity index (χ2v) is 10.4. The molecule has 8 heteroatoms. The van der Waals surface area contributed by atoms with Crippen molar-refractivity contribution in [1.82, 2.24) is 4.31 Å². The Labute approximate surface area is 185 Å². The summed E-state index contributed by atoms with van der Waals surface area (Å²) in [6, 6.07) is 11.3. The van der Waals surface area contributed by atoms with Gasteiger partial charge in [0.1, 0.15) is 0 Å². The zero-order chi connectivity index (χ0) is 21.9. The van der Waals surface area contributed by atoms with Gasteiger partial charge in [0.25, 0.3) is 0 Å². The van der Waals surface area contributed by atoms with Crippen LogP contribution < -0.4 is 0 Å². The van der Waals surface area contributed by atoms with E-state index in [4.69, 9.17) is 4.74 Å². The molecule has 0 N–H and O–H groups in total. The van der Waals surface area contributed by atoms with Crippen molar-refractivity contribution >= 4 is 37.7 Å². The van der Waals surface area contributed by atoms with Crippen LogP contribution >= 0.6 is 15.9 Å². The van der Waals surface area contributed by atoms with E-state index >= 15 is 0 Å². The van der Waals surface area contributed by atoms with Gasteiger partial charge in [-0.3, -0.25) is 4.79 Å². The summed E-state index contributed by atoms with van der Waals surface area (Å²) >= 11 is 3.28. The van der Waals surface area contributed by atoms with Crippen LogP contribution in [0.25, 0.3) is 0 Å². The lowest BCUT2D eigenvalue weighted by atomic mass is 10.0. The van der Waals surface area contributed by atoms with E-state index in [9.17, 15) is 18.0 Å². The number of ether oxygens (including phenoxy) is 1. The van der Waals surface area contributed by atoms with E-state index in [0.717, 1.165) is 18.4 Å². The Hall–Kier alpha value is -2.03. The summed E-state index contributed by atoms with van der Waals surface area (Å²) < 4.78 is 33.1. The molecule has 0 unspecified atom stereocenters. The van der Waals surface area contributed by atoms with E-state index in [1.54, 1.807) is 12.1 Å². The zero-order valence-corrected chi connectivity index (χ0v) is 19.3. The first-order chi connectivity index (χ1) is 14.2. The van der Waals surface area contributed by atoms with Crippen LogP contribution in [0.4, 0.5) is 0 Å². The molecule has 0 bridgehead atoms. The van der Waals surface area contributed by atoms with E-state index in [1.807, 2.05) is 19.1 Å². The Balaban J connectivity index is 1.73. The van der Waals surface area contributed by atoms with Gasteiger partial charge >= 0.3 is 5.97 Å². The van der Waals surface area contributed by atoms with E-state index < -0.39 is 22.6 Å². The number of benzene rings is 2. The molecule has 0 atom stereocenters. The highest BCUT2D eigenvalue weighted by Crippen LogP contribution is 2.29. The molecule has 1 saturated heterocycles. The predicted octanol–water partition coefficient (Wildman–Crippen LogP) is 4.22. The van der Waals surface area contributed by atoms with Gasteiger partial charge in [-0.1, -0.05) is 36.8 Å². The van der Waals surface area contributed by atoms with E-state index in [2.05, 4.69) is 22.9 Å². The van der Waals surface area contributed by atoms with Gasteiger partial charge in [-0.25, -0.2) is 13.2 Å². The zero-order valence-electron chi connectivity index (χ0n) is 16.9. The number of esters is 1. The highest BCUT2D eigenvalue weighted by atomic mass is 79.9. The molecular formula is C22H24BrNO5S. The summed E-state index contributed by atoms with van der Waals surface area (Å²) in [5.74, 6) is -0.574. The third-order valence-corrected chi connectivity index (χ3v) is 8.13. The number of hydrogen-bond donors (Lipinski definition) is 0. The van der Waals surface area contributed by atoms with Gasteiger partial charge in [-0.05, 0) is 59.8 Å². The number of ketones is 1. The number of nitrogens with zero attached hydrogens (tertiary/aromatic N) is 1. The molecule has 0 saturated carbocycles. The number of carbonyl (C=O) groups is 2. The molecule has 1 aliphatic rings. The molecule has 0 radical (unpaired) electrons. The van der Waals surface area contributed by atoms with Gasteiger partial charge in [0, 0.05) is 23.1 Å². The van der Waals surface area contributed by atoms with Gasteiger partial charge in [-0.15, -0.1) is 0 Å². The predicted molar refractivity (Wildman–Crippen MR) is 117 cm³/mol. The lowest BCUT2D eigenvalue weighted by molar-refractivity contribution is 0.0474. The SMILES string of the molecule is Cc1ccc(C(=O)COC(=O)c2ccc(Br)c(S(=O)(=O)N3CCC(C)CC3)c2)cc1. The molecular weight excluding hydrogens is 470 g/mol. The van der Waals surface area contributed by atoms with Crippen LogP contribution in [0.2, 0.25) is 0 Å². The minimum Gasteiger partial charge on any atom is -0.454 e. The molecule has 1 heterocycles. The topological polar surface area (TPSA) is 80.8 Å². The molecule has 160 valence electrons. The second-order valence-electron chi connectivity index (χ2n) is 7.60. The smallest absolute Gasteiger partial charge is 0.338 e. The van der Waals surface area contributed by atoms with Crippen LogP contribution in [0.15, 0.2) is 51.8 Å². The van der Waals surface area contributed by atoms with Gasteiger partial charge in [0.05, 0.1) is 10.5 Å². The number of halogens is 1. The van der Waals surface area contributed by atoms with Crippen LogP contribution in [0.1, 0.15) is 46.0 Å². The summed E-state index contributed by atoms with van der Waals surface area (Å²) in [4.78, 5) is 24.7. The molecule has 30 heavy (non-hydrogen) atoms. The molecule has 1 fully saturated rings. The summed E-state index contributed by atoms with van der Waals surface area (Å²) in [5, 5.41) is 0. The van der Waals surface area contributed by atoms with Crippen molar-refractivity contribution in [1.29, 1.82) is 0 Å². The average Bonchev–Trinajstić information content (AvgIpc) is 2.72. The quantitative estimate of drug-likeness (QED) is 0.444. The first kappa shape index (κ1) is 22.7. The fraction of sp³-hybridized carbons (Fsp3) is 0.364. The summed E-state index contributed by atoms with van der Waals surface area (Å²) in [5.41, 5.74) is 1.56. The van der Waals surface area contributed by atoms with Crippen LogP contribution in [0.5, 0.6) is 0 Å². The number of Topliss-reactive ketones (excluding diaryl/α,β-unsaturated/α-hetero) is 1. The lowest BCUT2D eigenvalue weighted by Gasteiger charge is -2.29. The lowest BCUT2D eigenvalue weighted by Crippen LogP contribution is -2.38. The maximum Gasteiger partial charge on any atom is 0.338 e. The number of carbonyl (C=O) groups excluding carboxylic acids is 2. The first-order valence-corrected chi connectivity index (χ1v) is 12.0. The van der Waals surface area contributed by atoms with Gasteiger partial charge in [-0.2, -0.15) is 4.31 Å². The Morgan fingerprint density at radius 3 is 2.30 bits per heavy atom. The minimum absolute atomic E-state index is 0.0244. The van der Waals surface area contributed by atoms with E-state index in [0.29, 0.717) is 29.0 Å². The van der Waals surface area contributed by atoms with Gasteiger partial charge in [0.15, 0.2) is 12.4 Å². The summed E-state index contributed by atoms with van der Waals surface area (Å²) in [7, 11) is -3.74. The molecule has 2 aromatic rings. The summed E-state index contributed by atoms with van der Waals surface area (Å²) in [6.45, 7) is 4.52. The molecule has 3 rings (SSSR count). The molecule has 0 amide bonds. The first-order valence-electron chi connectivity index (χ1n) is 9.75. The van der Waals surface area contributed by atoms with Crippen LogP contribution in [-0.4, -0.2) is 44.2 Å². The van der Waals surface area contributed by atoms with Crippen LogP contribution in [-0.2, 0) is 14.8 Å². The molecule has 2 aromatic carbocycles. The maximum absolute atomic E-state index is 13.1. The highest BCUT2D eigenvalue weighted by molar-refractivity contribution is 9.10. The maximum atomic E-state index is 13.1. The van der Waals surface area contributed by atoms with Crippen molar-refractivity contribution in [3.8, 4) is 0 Å². The van der Waals surface area contributed by atoms with Gasteiger partial charge in [0.2, 0.25) is 10.0 Å². The molecule has 1 aliphatic heterocycles. The Morgan fingerprint density at radius 1 is 1.07 bits per heavy atom. The normalized spacial score (nSPS) is 15.7. The largest absolute Gasteiger partial charge is 0.454 e. The number of piperidine rings is 1. The molecule has 6 nitrogen and oxygen atoms in total. The second kappa shape index (κ2) is 9.41. The molecule has 0 aliphatic carbocycles. The van der Waals surface area contributed by atoms with Crippen molar-refractivity contribution in [3.05, 3.63) is 63.6 Å². The average molecular weight is 494 g/mol. The van der Waals surface area contributed by atoms with E-state index in [-0.39, 0.29) is 16.2 Å². The fourth-order valence-corrected chi connectivity index (χ4v) is 5.65. The van der Waals surface area contributed by atoms with Crippen LogP contribution in [0.3, 0.4) is 0 Å². The molecule has 0 spiro atoms. The third kappa shape index (κ3) is 5.17. The van der Waals surface area contributed by atoms with Crippen molar-refractivity contribution in [2.75, 3.05) is 19.7 Å². The Kier molecular flexibility index (Phi) is 7.10. The minimum atomic E-state index is -3.74. The Morgan fingerprint density at radius 2 is 1.67 bits per heavy atom. The van der Waals surface area contributed by atoms with Crippen molar-refractivity contribution in [3.63, 3.8) is 0 Å². The third-order valence-electron chi connectivity index (χ3n) is 5.24.